The number of fused-ring (bicyclic) bond motifs is 5. The van der Waals surface area contributed by atoms with Crippen molar-refractivity contribution in [2.75, 3.05) is 30.9 Å². The Morgan fingerprint density at radius 3 is 1.24 bits per heavy atom. The normalized spacial score (nSPS) is 14.2. The van der Waals surface area contributed by atoms with Gasteiger partial charge in [-0.1, -0.05) is 143 Å². The van der Waals surface area contributed by atoms with E-state index in [1.165, 1.54) is 151 Å². The molecule has 0 saturated heterocycles. The van der Waals surface area contributed by atoms with E-state index in [1.54, 1.807) is 43.1 Å². The van der Waals surface area contributed by atoms with Crippen molar-refractivity contribution < 1.29 is 164 Å². The number of benzene rings is 10. The van der Waals surface area contributed by atoms with E-state index in [4.69, 9.17) is 59.5 Å². The van der Waals surface area contributed by atoms with Crippen molar-refractivity contribution in [2.45, 2.75) is 153 Å². The van der Waals surface area contributed by atoms with E-state index in [0.29, 0.717) is 29.2 Å². The van der Waals surface area contributed by atoms with E-state index >= 15 is 0 Å². The molecule has 0 atom stereocenters. The summed E-state index contributed by atoms with van der Waals surface area (Å²) >= 11 is 0. The van der Waals surface area contributed by atoms with E-state index in [1.807, 2.05) is 115 Å². The Labute approximate surface area is 862 Å². The predicted octanol–water partition coefficient (Wildman–Crippen LogP) is 22.0. The summed E-state index contributed by atoms with van der Waals surface area (Å²) in [7, 11) is 5.28. The molecule has 1 amide bonds. The zero-order chi connectivity index (χ0) is 96.0. The molecule has 0 fully saturated rings. The fraction of sp³-hybridized carbons (Fsp3) is 0.236. The summed E-state index contributed by atoms with van der Waals surface area (Å²) in [5.41, 5.74) is 20.9. The Balaban J connectivity index is 0.000000772. The van der Waals surface area contributed by atoms with Gasteiger partial charge in [0.25, 0.3) is 5.91 Å². The van der Waals surface area contributed by atoms with E-state index in [-0.39, 0.29) is 192 Å². The van der Waals surface area contributed by atoms with Gasteiger partial charge in [0.2, 0.25) is 0 Å². The molecule has 10 N–H and O–H groups in total. The van der Waals surface area contributed by atoms with Crippen LogP contribution in [0, 0.1) is 36.1 Å². The molecule has 0 saturated carbocycles. The molecule has 15 rings (SSSR count). The summed E-state index contributed by atoms with van der Waals surface area (Å²) in [4.78, 5) is 92.9. The van der Waals surface area contributed by atoms with Crippen LogP contribution in [-0.4, -0.2) is 140 Å². The second-order valence-corrected chi connectivity index (χ2v) is 32.4. The number of anilines is 2. The van der Waals surface area contributed by atoms with Gasteiger partial charge in [0.05, 0.1) is 125 Å². The van der Waals surface area contributed by atoms with Crippen molar-refractivity contribution >= 4 is 80.5 Å². The standard InChI is InChI=1S/C19H17FN3O.C19H20N.C17H16N.C15H10NO.C15H12N.5C5H8O2.5Ir/c1-22(2)17-12-13(8-9-15(17)20)19-14-6-4-5-7-16(14)23(3)18(24)10-11-21-19;1-18(2)15-12-8-9-13-16(15)19(3,4)20-17(18)14-10-6-5-7-11-14;1-17(2)15-11-7-6-10-14(15)12-18-16(17)13-8-4-3-5-9-13;17-15-13-9-5-4-8-12(13)10-16-14(15)11-6-2-1-3-7-11;1-2-6-12(7-3-1)15-10-13-8-4-5-9-14(13)11-16-15;5*1-4(6)3-5(2)7;;;;;/h4-7,9-12H,1-3H3;5-10,12-13H,1-4H3;3-8,10-11H,12H2,1-2H3;1-6,8-9H,10H2;1-6,8-9H,10-11H2;5*3,6H,1-2H3;;;;;/q5*-1;;;;;;;;;;/p+5/b11-10-,21-19?;;;;;;;;;;;;;;. The van der Waals surface area contributed by atoms with Crippen molar-refractivity contribution in [3.05, 3.63) is 416 Å². The van der Waals surface area contributed by atoms with Crippen LogP contribution in [0.4, 0.5) is 15.8 Å². The van der Waals surface area contributed by atoms with Crippen molar-refractivity contribution in [3.63, 3.8) is 0 Å². The molecule has 0 aromatic heterocycles. The molecule has 135 heavy (non-hydrogen) atoms. The molecular weight excluding hydrogens is 2590 g/mol. The Hall–Kier alpha value is -11.5. The molecule has 25 heteroatoms. The number of Topliss-reactive ketones (excluding diaryl/α,β-unsaturated/α-hetero) is 1. The second-order valence-electron chi connectivity index (χ2n) is 32.4. The number of amides is 1. The SMILES string of the molecule is CC(=[OH+])C=C(C)O.CC(=[OH+])C=C(C)O.CC(=[OH+])C=C(C)O.CC(=[OH+])C=C(C)O.CC(=[OH+])C=C(C)O.CC1(C)C(c2[c-]cccc2)=NCc2ccccc21.CC1(C)N=C(c2[c-]cccc2)C(C)(C)c2ccccc21.CN(C)c1cc(C2=N/C=C\C(=O)N(C)c3ccccc32)[c-]cc1F.O=C1C(c2[c-]cccc2)=NCc2ccccc21.[Ir].[Ir].[Ir].[Ir].[Ir].[c-]1ccccc1C1=NCc2ccccc2C1. The summed E-state index contributed by atoms with van der Waals surface area (Å²) in [6.07, 6.45) is 10.2. The third kappa shape index (κ3) is 39.4. The van der Waals surface area contributed by atoms with Gasteiger partial charge in [0.15, 0.2) is 5.78 Å². The molecule has 5 aliphatic heterocycles. The number of carbonyl (C=O) groups excluding carboxylic acids is 7. The van der Waals surface area contributed by atoms with Gasteiger partial charge in [-0.25, -0.2) is 0 Å². The summed E-state index contributed by atoms with van der Waals surface area (Å²) in [5.74, 6) is 0.753. The number of halogens is 1. The van der Waals surface area contributed by atoms with Gasteiger partial charge in [-0.05, 0) is 145 Å². The van der Waals surface area contributed by atoms with Crippen LogP contribution in [0.15, 0.2) is 327 Å². The maximum atomic E-state index is 14.0. The minimum atomic E-state index is -0.341. The zero-order valence-electron chi connectivity index (χ0n) is 79.3. The monoisotopic (exact) mass is 2710 g/mol. The predicted molar refractivity (Wildman–Crippen MR) is 530 cm³/mol. The van der Waals surface area contributed by atoms with Crippen LogP contribution in [0.1, 0.15) is 193 Å². The van der Waals surface area contributed by atoms with Crippen molar-refractivity contribution in [2.24, 2.45) is 25.0 Å². The average molecular weight is 2710 g/mol. The van der Waals surface area contributed by atoms with Gasteiger partial charge in [0.1, 0.15) is 0 Å². The first-order valence-electron chi connectivity index (χ1n) is 42.0. The third-order valence-electron chi connectivity index (χ3n) is 19.6. The molecule has 5 aliphatic rings. The topological polar surface area (TPSA) is 311 Å². The average Bonchev–Trinajstić information content (AvgIpc) is 0.718. The summed E-state index contributed by atoms with van der Waals surface area (Å²) < 4.78 is 14.0. The van der Waals surface area contributed by atoms with Gasteiger partial charge < -0.3 is 60.3 Å². The number of hydrogen-bond acceptors (Lipinski definition) is 13. The third-order valence-corrected chi connectivity index (χ3v) is 19.6. The molecule has 0 unspecified atom stereocenters. The fourth-order valence-corrected chi connectivity index (χ4v) is 14.0. The van der Waals surface area contributed by atoms with Gasteiger partial charge >= 0.3 is 28.9 Å². The zero-order valence-corrected chi connectivity index (χ0v) is 91.2. The van der Waals surface area contributed by atoms with Crippen molar-refractivity contribution in [3.8, 4) is 0 Å². The number of carbonyl (C=O) groups is 2. The number of rotatable bonds is 11. The van der Waals surface area contributed by atoms with Gasteiger partial charge in [-0.3, -0.25) is 38.0 Å². The number of para-hydroxylation sites is 1. The molecule has 19 nitrogen and oxygen atoms in total. The van der Waals surface area contributed by atoms with E-state index in [0.717, 1.165) is 81.3 Å². The molecule has 0 spiro atoms. The summed E-state index contributed by atoms with van der Waals surface area (Å²) in [6, 6.07) is 91.4. The first-order chi connectivity index (χ1) is 61.5. The van der Waals surface area contributed by atoms with E-state index < -0.39 is 0 Å². The molecule has 10 aromatic carbocycles. The fourth-order valence-electron chi connectivity index (χ4n) is 14.0. The van der Waals surface area contributed by atoms with Gasteiger partial charge in [-0.2, -0.15) is 0 Å². The second kappa shape index (κ2) is 60.0. The molecule has 5 radical (unpaired) electrons. The van der Waals surface area contributed by atoms with E-state index in [2.05, 4.69) is 184 Å². The molecular formula is C110H120FIr5N7O12. The number of aliphatic imine (C=N–C) groups is 5. The van der Waals surface area contributed by atoms with Crippen LogP contribution in [0.3, 0.4) is 0 Å². The maximum Gasteiger partial charge on any atom is 0.316 e. The first kappa shape index (κ1) is 121. The number of hydrogen-bond donors (Lipinski definition) is 5. The van der Waals surface area contributed by atoms with Crippen LogP contribution in [-0.2, 0) is 148 Å². The molecule has 0 aliphatic carbocycles. The Morgan fingerprint density at radius 2 is 0.793 bits per heavy atom. The molecule has 0 bridgehead atoms. The van der Waals surface area contributed by atoms with E-state index in [9.17, 15) is 14.0 Å². The Bertz CT molecular complexity index is 5820. The van der Waals surface area contributed by atoms with Crippen LogP contribution < -0.4 is 9.80 Å². The van der Waals surface area contributed by atoms with Gasteiger partial charge in [-0.15, -0.1) is 167 Å². The molecule has 10 aromatic rings. The number of allylic oxidation sites excluding steroid dienone is 10. The smallest absolute Gasteiger partial charge is 0.316 e. The number of nitrogens with zero attached hydrogens (tertiary/aromatic N) is 7. The van der Waals surface area contributed by atoms with Crippen LogP contribution in [0.25, 0.3) is 0 Å². The number of likely N-dealkylation sites (N-methyl/N-ethyl adjacent to an activating group) is 1. The largest absolute Gasteiger partial charge is 0.512 e. The van der Waals surface area contributed by atoms with Crippen LogP contribution in [0.5, 0.6) is 0 Å². The van der Waals surface area contributed by atoms with Crippen molar-refractivity contribution in [1.82, 2.24) is 0 Å². The van der Waals surface area contributed by atoms with Crippen LogP contribution >= 0.6 is 0 Å². The number of ketones is 6. The van der Waals surface area contributed by atoms with Crippen molar-refractivity contribution in [1.29, 1.82) is 0 Å². The summed E-state index contributed by atoms with van der Waals surface area (Å²) in [6.45, 7) is 30.5. The minimum absolute atomic E-state index is 0. The van der Waals surface area contributed by atoms with Gasteiger partial charge in [0, 0.05) is 151 Å². The molecule has 719 valence electrons. The van der Waals surface area contributed by atoms with Crippen LogP contribution in [0.2, 0.25) is 0 Å². The first-order valence-corrected chi connectivity index (χ1v) is 42.0. The minimum Gasteiger partial charge on any atom is -0.512 e. The number of aliphatic hydroxyl groups excluding tert-OH is 5. The number of aliphatic hydroxyl groups is 5. The Kier molecular flexibility index (Phi) is 54.0. The quantitative estimate of drug-likeness (QED) is 0.0358. The Morgan fingerprint density at radius 1 is 0.415 bits per heavy atom. The summed E-state index contributed by atoms with van der Waals surface area (Å²) in [5, 5.41) is 42.0. The maximum absolute atomic E-state index is 14.0. The molecule has 5 heterocycles.